The predicted octanol–water partition coefficient (Wildman–Crippen LogP) is 4.60. The van der Waals surface area contributed by atoms with Gasteiger partial charge in [-0.05, 0) is 24.6 Å². The number of fused-ring (bicyclic) bond motifs is 1. The highest BCUT2D eigenvalue weighted by atomic mass is 35.5. The number of rotatable bonds is 3. The topological polar surface area (TPSA) is 89.4 Å². The second kappa shape index (κ2) is 7.21. The zero-order valence-electron chi connectivity index (χ0n) is 14.7. The second-order valence-electron chi connectivity index (χ2n) is 6.04. The molecule has 0 atom stereocenters. The lowest BCUT2D eigenvalue weighted by Gasteiger charge is -2.10. The first kappa shape index (κ1) is 18.9. The van der Waals surface area contributed by atoms with Crippen LogP contribution >= 0.6 is 11.6 Å². The minimum Gasteiger partial charge on any atom is -0.337 e. The number of hydrogen-bond donors (Lipinski definition) is 1. The van der Waals surface area contributed by atoms with Gasteiger partial charge in [0.15, 0.2) is 11.3 Å². The maximum Gasteiger partial charge on any atom is 0.434 e. The molecule has 29 heavy (non-hydrogen) atoms. The molecule has 0 aliphatic heterocycles. The third-order valence-corrected chi connectivity index (χ3v) is 4.16. The van der Waals surface area contributed by atoms with Crippen LogP contribution in [0.1, 0.15) is 11.3 Å². The fourth-order valence-corrected chi connectivity index (χ4v) is 2.85. The number of anilines is 2. The van der Waals surface area contributed by atoms with E-state index in [9.17, 15) is 13.2 Å². The number of alkyl halides is 3. The molecule has 0 fully saturated rings. The Hall–Kier alpha value is -3.40. The predicted molar refractivity (Wildman–Crippen MR) is 101 cm³/mol. The van der Waals surface area contributed by atoms with Crippen molar-refractivity contribution in [3.8, 4) is 11.4 Å². The molecular formula is C18H11ClF3N7. The third-order valence-electron chi connectivity index (χ3n) is 3.87. The summed E-state index contributed by atoms with van der Waals surface area (Å²) < 4.78 is 37.9. The van der Waals surface area contributed by atoms with Gasteiger partial charge in [0.05, 0.1) is 29.3 Å². The van der Waals surface area contributed by atoms with E-state index in [0.717, 1.165) is 11.8 Å². The van der Waals surface area contributed by atoms with Crippen molar-refractivity contribution in [2.24, 2.45) is 0 Å². The second-order valence-corrected chi connectivity index (χ2v) is 6.45. The number of aryl methyl sites for hydroxylation is 1. The van der Waals surface area contributed by atoms with Gasteiger partial charge in [-0.1, -0.05) is 11.6 Å². The molecule has 0 saturated heterocycles. The number of aromatic nitrogens is 6. The molecule has 4 rings (SSSR count). The number of pyridine rings is 2. The van der Waals surface area contributed by atoms with Crippen LogP contribution in [0, 0.1) is 6.92 Å². The Morgan fingerprint density at radius 1 is 0.966 bits per heavy atom. The highest BCUT2D eigenvalue weighted by molar-refractivity contribution is 6.33. The summed E-state index contributed by atoms with van der Waals surface area (Å²) >= 11 is 6.24. The van der Waals surface area contributed by atoms with Gasteiger partial charge in [-0.2, -0.15) is 13.2 Å². The summed E-state index contributed by atoms with van der Waals surface area (Å²) in [6.07, 6.45) is 1.75. The van der Waals surface area contributed by atoms with Gasteiger partial charge in [-0.3, -0.25) is 4.98 Å². The summed E-state index contributed by atoms with van der Waals surface area (Å²) in [5.41, 5.74) is 1.93. The maximum absolute atomic E-state index is 12.6. The van der Waals surface area contributed by atoms with Crippen LogP contribution in [0.2, 0.25) is 5.02 Å². The van der Waals surface area contributed by atoms with Gasteiger partial charge < -0.3 is 5.32 Å². The van der Waals surface area contributed by atoms with E-state index in [2.05, 4.69) is 35.2 Å². The van der Waals surface area contributed by atoms with Gasteiger partial charge in [0.2, 0.25) is 0 Å². The molecule has 146 valence electrons. The van der Waals surface area contributed by atoms with Gasteiger partial charge in [-0.25, -0.2) is 24.9 Å². The van der Waals surface area contributed by atoms with Crippen LogP contribution in [0.25, 0.3) is 22.6 Å². The van der Waals surface area contributed by atoms with Crippen molar-refractivity contribution < 1.29 is 13.2 Å². The van der Waals surface area contributed by atoms with Crippen molar-refractivity contribution in [3.63, 3.8) is 0 Å². The Morgan fingerprint density at radius 3 is 2.48 bits per heavy atom. The first-order valence-corrected chi connectivity index (χ1v) is 8.59. The van der Waals surface area contributed by atoms with Crippen LogP contribution in [0.15, 0.2) is 43.1 Å². The van der Waals surface area contributed by atoms with Crippen molar-refractivity contribution in [3.05, 3.63) is 59.4 Å². The summed E-state index contributed by atoms with van der Waals surface area (Å²) in [6.45, 7) is 1.87. The van der Waals surface area contributed by atoms with Crippen LogP contribution in [0.4, 0.5) is 24.7 Å². The highest BCUT2D eigenvalue weighted by Gasteiger charge is 2.32. The molecule has 0 aromatic carbocycles. The van der Waals surface area contributed by atoms with E-state index in [-0.39, 0.29) is 5.82 Å². The molecule has 4 aromatic heterocycles. The molecule has 7 nitrogen and oxygen atoms in total. The summed E-state index contributed by atoms with van der Waals surface area (Å²) in [4.78, 5) is 24.4. The fourth-order valence-electron chi connectivity index (χ4n) is 2.53. The van der Waals surface area contributed by atoms with E-state index in [1.807, 2.05) is 6.92 Å². The molecule has 0 saturated carbocycles. The average molecular weight is 418 g/mol. The third kappa shape index (κ3) is 3.92. The monoisotopic (exact) mass is 417 g/mol. The standard InChI is InChI=1S/C18H11ClF3N7/c1-9-4-10(19)15(26-5-9)12-6-27-16-11(2-3-23-17(16)29-12)28-14-8-24-13(7-25-14)18(20,21)22/h2-8H,1H3,(H,23,25,28,29). The Balaban J connectivity index is 1.68. The molecule has 0 aliphatic carbocycles. The Kier molecular flexibility index (Phi) is 4.71. The van der Waals surface area contributed by atoms with Crippen molar-refractivity contribution in [2.45, 2.75) is 13.1 Å². The molecule has 1 N–H and O–H groups in total. The summed E-state index contributed by atoms with van der Waals surface area (Å²) in [5, 5.41) is 3.32. The van der Waals surface area contributed by atoms with E-state index in [1.54, 1.807) is 18.3 Å². The van der Waals surface area contributed by atoms with Crippen molar-refractivity contribution in [1.29, 1.82) is 0 Å². The molecular weight excluding hydrogens is 407 g/mol. The number of nitrogens with zero attached hydrogens (tertiary/aromatic N) is 6. The zero-order chi connectivity index (χ0) is 20.6. The molecule has 11 heteroatoms. The minimum absolute atomic E-state index is 0.125. The molecule has 0 aliphatic rings. The van der Waals surface area contributed by atoms with Crippen molar-refractivity contribution in [2.75, 3.05) is 5.32 Å². The summed E-state index contributed by atoms with van der Waals surface area (Å²) in [7, 11) is 0. The lowest BCUT2D eigenvalue weighted by atomic mass is 10.2. The van der Waals surface area contributed by atoms with E-state index >= 15 is 0 Å². The zero-order valence-corrected chi connectivity index (χ0v) is 15.5. The van der Waals surface area contributed by atoms with Gasteiger partial charge in [0, 0.05) is 12.4 Å². The lowest BCUT2D eigenvalue weighted by molar-refractivity contribution is -0.141. The van der Waals surface area contributed by atoms with Gasteiger partial charge in [0.25, 0.3) is 0 Å². The van der Waals surface area contributed by atoms with Gasteiger partial charge in [-0.15, -0.1) is 0 Å². The van der Waals surface area contributed by atoms with E-state index in [4.69, 9.17) is 11.6 Å². The molecule has 0 radical (unpaired) electrons. The Bertz CT molecular complexity index is 1200. The van der Waals surface area contributed by atoms with Crippen molar-refractivity contribution >= 4 is 34.3 Å². The van der Waals surface area contributed by atoms with E-state index in [1.165, 1.54) is 12.4 Å². The van der Waals surface area contributed by atoms with Crippen LogP contribution in [-0.2, 0) is 6.18 Å². The quantitative estimate of drug-likeness (QED) is 0.521. The van der Waals surface area contributed by atoms with E-state index < -0.39 is 11.9 Å². The van der Waals surface area contributed by atoms with Crippen molar-refractivity contribution in [1.82, 2.24) is 29.9 Å². The number of hydrogen-bond acceptors (Lipinski definition) is 7. The highest BCUT2D eigenvalue weighted by Crippen LogP contribution is 2.29. The van der Waals surface area contributed by atoms with Crippen LogP contribution in [0.5, 0.6) is 0 Å². The largest absolute Gasteiger partial charge is 0.434 e. The molecule has 0 bridgehead atoms. The molecule has 0 amide bonds. The maximum atomic E-state index is 12.6. The van der Waals surface area contributed by atoms with E-state index in [0.29, 0.717) is 39.5 Å². The lowest BCUT2D eigenvalue weighted by Crippen LogP contribution is -2.09. The normalized spacial score (nSPS) is 11.6. The number of halogens is 4. The van der Waals surface area contributed by atoms with Crippen LogP contribution < -0.4 is 5.32 Å². The minimum atomic E-state index is -4.55. The van der Waals surface area contributed by atoms with Gasteiger partial charge in [0.1, 0.15) is 22.7 Å². The summed E-state index contributed by atoms with van der Waals surface area (Å²) in [5.74, 6) is 0.125. The number of nitrogens with one attached hydrogen (secondary N) is 1. The Labute approximate surface area is 167 Å². The molecule has 4 heterocycles. The molecule has 0 spiro atoms. The average Bonchev–Trinajstić information content (AvgIpc) is 2.67. The Morgan fingerprint density at radius 2 is 1.79 bits per heavy atom. The summed E-state index contributed by atoms with van der Waals surface area (Å²) in [6, 6.07) is 3.37. The molecule has 0 unspecified atom stereocenters. The van der Waals surface area contributed by atoms with Crippen LogP contribution in [0.3, 0.4) is 0 Å². The van der Waals surface area contributed by atoms with Gasteiger partial charge >= 0.3 is 6.18 Å². The smallest absolute Gasteiger partial charge is 0.337 e. The first-order chi connectivity index (χ1) is 13.8. The van der Waals surface area contributed by atoms with Crippen LogP contribution in [-0.4, -0.2) is 29.9 Å². The SMILES string of the molecule is Cc1cnc(-c2cnc3c(Nc4cnc(C(F)(F)F)cn4)ccnc3n2)c(Cl)c1. The first-order valence-electron chi connectivity index (χ1n) is 8.22. The fraction of sp³-hybridized carbons (Fsp3) is 0.111. The molecule has 4 aromatic rings.